The van der Waals surface area contributed by atoms with Crippen LogP contribution in [0.1, 0.15) is 134 Å². The molecule has 5 heteroatoms. The lowest BCUT2D eigenvalue weighted by Gasteiger charge is -2.37. The molecule has 0 amide bonds. The van der Waals surface area contributed by atoms with E-state index in [1.54, 1.807) is 0 Å². The normalized spacial score (nSPS) is 27.1. The minimum atomic E-state index is 0.104. The molecule has 0 bridgehead atoms. The molecule has 0 radical (unpaired) electrons. The van der Waals surface area contributed by atoms with Crippen LogP contribution in [0.15, 0.2) is 140 Å². The molecule has 5 aromatic rings. The summed E-state index contributed by atoms with van der Waals surface area (Å²) in [5.41, 5.74) is 8.36. The van der Waals surface area contributed by atoms with Crippen molar-refractivity contribution in [1.82, 2.24) is 20.4 Å². The van der Waals surface area contributed by atoms with E-state index in [0.29, 0.717) is 0 Å². The summed E-state index contributed by atoms with van der Waals surface area (Å²) in [6.45, 7) is 2.23. The predicted octanol–water partition coefficient (Wildman–Crippen LogP) is 12.2. The van der Waals surface area contributed by atoms with Crippen molar-refractivity contribution in [1.29, 1.82) is 0 Å². The van der Waals surface area contributed by atoms with Gasteiger partial charge in [-0.05, 0) is 93.5 Å². The van der Waals surface area contributed by atoms with Crippen LogP contribution in [-0.2, 0) is 0 Å². The molecule has 2 saturated carbocycles. The van der Waals surface area contributed by atoms with Crippen LogP contribution in [0.2, 0.25) is 0 Å². The first-order valence-corrected chi connectivity index (χ1v) is 22.3. The predicted molar refractivity (Wildman–Crippen MR) is 234 cm³/mol. The van der Waals surface area contributed by atoms with Crippen LogP contribution in [0.25, 0.3) is 0 Å². The van der Waals surface area contributed by atoms with Gasteiger partial charge in [-0.1, -0.05) is 178 Å². The average molecular weight is 841 g/mol. The standard InChI is InChI=1S/C50H57IN4/c51-44-42(49-52-45(38-24-11-3-12-25-38)47(40-28-15-5-16-29-40)54(49)34-36-20-7-1-8-21-36)32-19-33-43(44)50-53-46(39-26-13-4-14-27-39)48(41-30-17-6-18-31-41)55(50)35-37-22-9-2-10-23-37/h3-6,11-19,24-33,36-37,45-50,52-53H,1-2,7-10,20-23,34-35H2/t45-,46-,47-,48-,49+,50+/m1/s1. The monoisotopic (exact) mass is 840 g/mol. The summed E-state index contributed by atoms with van der Waals surface area (Å²) >= 11 is 2.74. The third-order valence-electron chi connectivity index (χ3n) is 13.3. The zero-order chi connectivity index (χ0) is 37.0. The highest BCUT2D eigenvalue weighted by Gasteiger charge is 2.47. The Kier molecular flexibility index (Phi) is 11.8. The van der Waals surface area contributed by atoms with E-state index in [4.69, 9.17) is 0 Å². The minimum absolute atomic E-state index is 0.104. The summed E-state index contributed by atoms with van der Waals surface area (Å²) in [6.07, 6.45) is 13.7. The Hall–Kier alpha value is -3.33. The average Bonchev–Trinajstić information content (AvgIpc) is 3.81. The highest BCUT2D eigenvalue weighted by Crippen LogP contribution is 2.51. The summed E-state index contributed by atoms with van der Waals surface area (Å²) in [6, 6.07) is 53.2. The number of hydrogen-bond acceptors (Lipinski definition) is 4. The smallest absolute Gasteiger partial charge is 0.0882 e. The van der Waals surface area contributed by atoms with Crippen molar-refractivity contribution in [2.45, 2.75) is 101 Å². The van der Waals surface area contributed by atoms with E-state index in [-0.39, 0.29) is 36.5 Å². The van der Waals surface area contributed by atoms with Gasteiger partial charge in [0.2, 0.25) is 0 Å². The lowest BCUT2D eigenvalue weighted by molar-refractivity contribution is 0.133. The van der Waals surface area contributed by atoms with Crippen molar-refractivity contribution >= 4 is 22.6 Å². The summed E-state index contributed by atoms with van der Waals surface area (Å²) in [5, 5.41) is 8.61. The van der Waals surface area contributed by atoms with E-state index in [9.17, 15) is 0 Å². The Labute approximate surface area is 343 Å². The van der Waals surface area contributed by atoms with Gasteiger partial charge in [0.1, 0.15) is 0 Å². The molecule has 4 fully saturated rings. The molecule has 2 heterocycles. The third kappa shape index (κ3) is 7.98. The molecule has 55 heavy (non-hydrogen) atoms. The summed E-state index contributed by atoms with van der Waals surface area (Å²) in [5.74, 6) is 1.45. The van der Waals surface area contributed by atoms with Crippen molar-refractivity contribution in [3.63, 3.8) is 0 Å². The molecule has 4 nitrogen and oxygen atoms in total. The van der Waals surface area contributed by atoms with Gasteiger partial charge < -0.3 is 0 Å². The molecule has 0 spiro atoms. The van der Waals surface area contributed by atoms with E-state index in [1.165, 1.54) is 101 Å². The molecule has 2 N–H and O–H groups in total. The molecule has 0 aromatic heterocycles. The van der Waals surface area contributed by atoms with Gasteiger partial charge in [-0.15, -0.1) is 0 Å². The van der Waals surface area contributed by atoms with Crippen LogP contribution in [0.4, 0.5) is 0 Å². The first-order valence-electron chi connectivity index (χ1n) is 21.2. The fourth-order valence-corrected chi connectivity index (χ4v) is 11.6. The van der Waals surface area contributed by atoms with Gasteiger partial charge in [-0.3, -0.25) is 20.4 Å². The van der Waals surface area contributed by atoms with E-state index in [2.05, 4.69) is 183 Å². The Bertz CT molecular complexity index is 1800. The SMILES string of the molecule is Ic1c([C@H]2N[C@H](c3ccccc3)[C@@H](c3ccccc3)N2CC2CCCCC2)cccc1[C@H]1N[C@H](c2ccccc2)[C@@H](c2ccccc2)N1CC1CCCCC1. The third-order valence-corrected chi connectivity index (χ3v) is 14.6. The van der Waals surface area contributed by atoms with Gasteiger partial charge in [-0.2, -0.15) is 0 Å². The number of hydrogen-bond donors (Lipinski definition) is 2. The van der Waals surface area contributed by atoms with Crippen LogP contribution in [0.3, 0.4) is 0 Å². The van der Waals surface area contributed by atoms with E-state index in [0.717, 1.165) is 24.9 Å². The molecule has 2 saturated heterocycles. The maximum Gasteiger partial charge on any atom is 0.0882 e. The van der Waals surface area contributed by atoms with Crippen molar-refractivity contribution < 1.29 is 0 Å². The van der Waals surface area contributed by atoms with Gasteiger partial charge in [0.25, 0.3) is 0 Å². The van der Waals surface area contributed by atoms with Crippen LogP contribution in [-0.4, -0.2) is 22.9 Å². The van der Waals surface area contributed by atoms with Gasteiger partial charge >= 0.3 is 0 Å². The molecule has 2 aliphatic carbocycles. The van der Waals surface area contributed by atoms with Crippen molar-refractivity contribution in [2.75, 3.05) is 13.1 Å². The molecule has 6 atom stereocenters. The Morgan fingerprint density at radius 3 is 1.13 bits per heavy atom. The lowest BCUT2D eigenvalue weighted by Crippen LogP contribution is -2.36. The van der Waals surface area contributed by atoms with Crippen molar-refractivity contribution in [3.05, 3.63) is 176 Å². The zero-order valence-electron chi connectivity index (χ0n) is 32.2. The van der Waals surface area contributed by atoms with Crippen molar-refractivity contribution in [3.8, 4) is 0 Å². The topological polar surface area (TPSA) is 30.5 Å². The van der Waals surface area contributed by atoms with E-state index < -0.39 is 0 Å². The van der Waals surface area contributed by atoms with Gasteiger partial charge in [-0.25, -0.2) is 0 Å². The van der Waals surface area contributed by atoms with Gasteiger partial charge in [0.05, 0.1) is 36.5 Å². The highest BCUT2D eigenvalue weighted by molar-refractivity contribution is 14.1. The molecular formula is C50H57IN4. The highest BCUT2D eigenvalue weighted by atomic mass is 127. The van der Waals surface area contributed by atoms with Crippen LogP contribution >= 0.6 is 22.6 Å². The van der Waals surface area contributed by atoms with Crippen LogP contribution in [0.5, 0.6) is 0 Å². The maximum atomic E-state index is 4.30. The first kappa shape index (κ1) is 37.3. The fourth-order valence-electron chi connectivity index (χ4n) is 10.7. The number of rotatable bonds is 10. The summed E-state index contributed by atoms with van der Waals surface area (Å²) in [7, 11) is 0. The number of benzene rings is 5. The van der Waals surface area contributed by atoms with Gasteiger partial charge in [0, 0.05) is 16.7 Å². The summed E-state index contributed by atoms with van der Waals surface area (Å²) < 4.78 is 1.39. The lowest BCUT2D eigenvalue weighted by atomic mass is 9.87. The molecule has 2 aliphatic heterocycles. The Morgan fingerprint density at radius 2 is 0.764 bits per heavy atom. The number of nitrogens with one attached hydrogen (secondary N) is 2. The fraction of sp³-hybridized carbons (Fsp3) is 0.400. The quantitative estimate of drug-likeness (QED) is 0.137. The largest absolute Gasteiger partial charge is 0.289 e. The maximum absolute atomic E-state index is 4.30. The van der Waals surface area contributed by atoms with Gasteiger partial charge in [0.15, 0.2) is 0 Å². The molecule has 9 rings (SSSR count). The second-order valence-electron chi connectivity index (χ2n) is 16.8. The molecule has 0 unspecified atom stereocenters. The minimum Gasteiger partial charge on any atom is -0.289 e. The van der Waals surface area contributed by atoms with Crippen LogP contribution < -0.4 is 10.6 Å². The van der Waals surface area contributed by atoms with E-state index >= 15 is 0 Å². The first-order chi connectivity index (χ1) is 27.2. The molecule has 4 aliphatic rings. The second-order valence-corrected chi connectivity index (χ2v) is 17.9. The Morgan fingerprint density at radius 1 is 0.418 bits per heavy atom. The summed E-state index contributed by atoms with van der Waals surface area (Å²) in [4.78, 5) is 5.73. The molecular weight excluding hydrogens is 783 g/mol. The number of nitrogens with zero attached hydrogens (tertiary/aromatic N) is 2. The zero-order valence-corrected chi connectivity index (χ0v) is 34.3. The Balaban J connectivity index is 1.14. The molecule has 5 aromatic carbocycles. The van der Waals surface area contributed by atoms with Crippen LogP contribution in [0, 0.1) is 15.4 Å². The van der Waals surface area contributed by atoms with E-state index in [1.807, 2.05) is 0 Å². The second kappa shape index (κ2) is 17.4. The van der Waals surface area contributed by atoms with Crippen molar-refractivity contribution in [2.24, 2.45) is 11.8 Å². The number of halogens is 1. The molecule has 284 valence electrons.